The van der Waals surface area contributed by atoms with Crippen LogP contribution in [0.4, 0.5) is 0 Å². The Labute approximate surface area is 152 Å². The molecule has 1 aromatic rings. The van der Waals surface area contributed by atoms with Crippen molar-refractivity contribution in [2.24, 2.45) is 0 Å². The Balaban J connectivity index is 1.83. The molecule has 2 aliphatic rings. The van der Waals surface area contributed by atoms with Crippen molar-refractivity contribution in [2.45, 2.75) is 38.1 Å². The highest BCUT2D eigenvalue weighted by atomic mass is 32.2. The van der Waals surface area contributed by atoms with Gasteiger partial charge in [-0.15, -0.1) is 0 Å². The Morgan fingerprint density at radius 3 is 2.54 bits per heavy atom. The van der Waals surface area contributed by atoms with E-state index in [1.165, 1.54) is 31.0 Å². The van der Waals surface area contributed by atoms with Gasteiger partial charge in [-0.1, -0.05) is 49.3 Å². The lowest BCUT2D eigenvalue weighted by molar-refractivity contribution is -0.124. The summed E-state index contributed by atoms with van der Waals surface area (Å²) in [4.78, 5) is 15.3. The van der Waals surface area contributed by atoms with Gasteiger partial charge in [0.2, 0.25) is 0 Å². The average molecular weight is 364 g/mol. The van der Waals surface area contributed by atoms with Crippen molar-refractivity contribution >= 4 is 40.3 Å². The fourth-order valence-corrected chi connectivity index (χ4v) is 4.63. The number of ether oxygens (including phenoxy) is 2. The molecule has 1 aliphatic carbocycles. The first-order chi connectivity index (χ1) is 11.6. The first kappa shape index (κ1) is 17.3. The van der Waals surface area contributed by atoms with Crippen molar-refractivity contribution in [2.75, 3.05) is 14.2 Å². The van der Waals surface area contributed by atoms with Gasteiger partial charge in [-0.2, -0.15) is 0 Å². The summed E-state index contributed by atoms with van der Waals surface area (Å²) in [6.45, 7) is 0. The summed E-state index contributed by atoms with van der Waals surface area (Å²) in [6.07, 6.45) is 7.59. The molecule has 1 aliphatic heterocycles. The normalized spacial score (nSPS) is 20.8. The molecule has 1 heterocycles. The molecule has 0 aromatic heterocycles. The van der Waals surface area contributed by atoms with Crippen LogP contribution in [0.5, 0.6) is 11.5 Å². The zero-order chi connectivity index (χ0) is 17.1. The smallest absolute Gasteiger partial charge is 0.266 e. The number of hydrogen-bond acceptors (Lipinski definition) is 5. The Morgan fingerprint density at radius 2 is 1.88 bits per heavy atom. The first-order valence-electron chi connectivity index (χ1n) is 8.13. The van der Waals surface area contributed by atoms with Gasteiger partial charge in [0, 0.05) is 6.04 Å². The van der Waals surface area contributed by atoms with Crippen LogP contribution in [0.15, 0.2) is 23.1 Å². The van der Waals surface area contributed by atoms with Crippen LogP contribution >= 0.6 is 24.0 Å². The van der Waals surface area contributed by atoms with Crippen LogP contribution < -0.4 is 9.47 Å². The Bertz CT molecular complexity index is 681. The molecule has 4 nitrogen and oxygen atoms in total. The fourth-order valence-electron chi connectivity index (χ4n) is 3.23. The zero-order valence-electron chi connectivity index (χ0n) is 13.9. The topological polar surface area (TPSA) is 38.8 Å². The van der Waals surface area contributed by atoms with Gasteiger partial charge in [0.1, 0.15) is 4.32 Å². The number of carbonyl (C=O) groups is 1. The highest BCUT2D eigenvalue weighted by molar-refractivity contribution is 8.26. The number of benzene rings is 1. The number of methoxy groups -OCH3 is 2. The summed E-state index contributed by atoms with van der Waals surface area (Å²) >= 11 is 6.85. The maximum atomic E-state index is 12.8. The molecule has 6 heteroatoms. The molecule has 0 bridgehead atoms. The second-order valence-corrected chi connectivity index (χ2v) is 7.63. The highest BCUT2D eigenvalue weighted by Crippen LogP contribution is 2.38. The van der Waals surface area contributed by atoms with E-state index in [0.29, 0.717) is 20.7 Å². The molecular formula is C18H21NO3S2. The Hall–Kier alpha value is -1.53. The quantitative estimate of drug-likeness (QED) is 0.591. The minimum atomic E-state index is 0.0340. The number of nitrogens with zero attached hydrogens (tertiary/aromatic N) is 1. The van der Waals surface area contributed by atoms with Crippen LogP contribution in [0.3, 0.4) is 0 Å². The summed E-state index contributed by atoms with van der Waals surface area (Å²) in [7, 11) is 3.21. The largest absolute Gasteiger partial charge is 0.493 e. The van der Waals surface area contributed by atoms with Gasteiger partial charge < -0.3 is 9.47 Å². The molecule has 0 spiro atoms. The monoisotopic (exact) mass is 363 g/mol. The van der Waals surface area contributed by atoms with E-state index in [1.54, 1.807) is 14.2 Å². The predicted molar refractivity (Wildman–Crippen MR) is 101 cm³/mol. The summed E-state index contributed by atoms with van der Waals surface area (Å²) in [5.74, 6) is 1.35. The number of thioether (sulfide) groups is 1. The Kier molecular flexibility index (Phi) is 5.46. The fraction of sp³-hybridized carbons (Fsp3) is 0.444. The molecule has 128 valence electrons. The molecule has 2 fully saturated rings. The second kappa shape index (κ2) is 7.57. The molecule has 3 rings (SSSR count). The van der Waals surface area contributed by atoms with E-state index < -0.39 is 0 Å². The SMILES string of the molecule is COc1ccc(/C=C2/SC(=S)N(C3CCCCC3)C2=O)cc1OC. The third-order valence-corrected chi connectivity index (χ3v) is 5.80. The number of thiocarbonyl (C=S) groups is 1. The molecule has 1 saturated carbocycles. The number of hydrogen-bond donors (Lipinski definition) is 0. The second-order valence-electron chi connectivity index (χ2n) is 5.96. The number of carbonyl (C=O) groups excluding carboxylic acids is 1. The maximum absolute atomic E-state index is 12.8. The number of amides is 1. The van der Waals surface area contributed by atoms with Crippen LogP contribution in [-0.4, -0.2) is 35.4 Å². The minimum absolute atomic E-state index is 0.0340. The van der Waals surface area contributed by atoms with E-state index >= 15 is 0 Å². The lowest BCUT2D eigenvalue weighted by atomic mass is 9.94. The van der Waals surface area contributed by atoms with Crippen molar-refractivity contribution in [1.29, 1.82) is 0 Å². The molecule has 1 amide bonds. The maximum Gasteiger partial charge on any atom is 0.266 e. The van der Waals surface area contributed by atoms with Gasteiger partial charge in [-0.25, -0.2) is 0 Å². The minimum Gasteiger partial charge on any atom is -0.493 e. The third kappa shape index (κ3) is 3.44. The van der Waals surface area contributed by atoms with E-state index in [1.807, 2.05) is 29.2 Å². The van der Waals surface area contributed by atoms with Crippen LogP contribution in [0.1, 0.15) is 37.7 Å². The Morgan fingerprint density at radius 1 is 1.17 bits per heavy atom. The first-order valence-corrected chi connectivity index (χ1v) is 9.35. The van der Waals surface area contributed by atoms with Gasteiger partial charge in [-0.05, 0) is 36.6 Å². The van der Waals surface area contributed by atoms with Crippen LogP contribution in [-0.2, 0) is 4.79 Å². The van der Waals surface area contributed by atoms with Crippen molar-refractivity contribution in [3.05, 3.63) is 28.7 Å². The third-order valence-electron chi connectivity index (χ3n) is 4.47. The molecule has 0 radical (unpaired) electrons. The van der Waals surface area contributed by atoms with Gasteiger partial charge in [0.05, 0.1) is 19.1 Å². The van der Waals surface area contributed by atoms with Crippen LogP contribution in [0.2, 0.25) is 0 Å². The van der Waals surface area contributed by atoms with Crippen LogP contribution in [0, 0.1) is 0 Å². The molecule has 24 heavy (non-hydrogen) atoms. The van der Waals surface area contributed by atoms with E-state index in [9.17, 15) is 4.79 Å². The van der Waals surface area contributed by atoms with E-state index in [2.05, 4.69) is 0 Å². The van der Waals surface area contributed by atoms with E-state index in [4.69, 9.17) is 21.7 Å². The average Bonchev–Trinajstić information content (AvgIpc) is 2.89. The highest BCUT2D eigenvalue weighted by Gasteiger charge is 2.37. The van der Waals surface area contributed by atoms with Crippen molar-refractivity contribution in [3.8, 4) is 11.5 Å². The van der Waals surface area contributed by atoms with Gasteiger partial charge in [-0.3, -0.25) is 9.69 Å². The summed E-state index contributed by atoms with van der Waals surface area (Å²) in [5.41, 5.74) is 0.900. The lowest BCUT2D eigenvalue weighted by Gasteiger charge is -2.29. The van der Waals surface area contributed by atoms with Crippen molar-refractivity contribution in [1.82, 2.24) is 4.90 Å². The molecule has 1 saturated heterocycles. The summed E-state index contributed by atoms with van der Waals surface area (Å²) < 4.78 is 11.3. The van der Waals surface area contributed by atoms with Gasteiger partial charge in [0.25, 0.3) is 5.91 Å². The number of rotatable bonds is 4. The molecule has 0 unspecified atom stereocenters. The van der Waals surface area contributed by atoms with E-state index in [0.717, 1.165) is 18.4 Å². The molecule has 1 aromatic carbocycles. The zero-order valence-corrected chi connectivity index (χ0v) is 15.5. The molecule has 0 atom stereocenters. The van der Waals surface area contributed by atoms with E-state index in [-0.39, 0.29) is 11.9 Å². The van der Waals surface area contributed by atoms with Crippen LogP contribution in [0.25, 0.3) is 6.08 Å². The molecular weight excluding hydrogens is 342 g/mol. The standard InChI is InChI=1S/C18H21NO3S2/c1-21-14-9-8-12(10-15(14)22-2)11-16-17(20)19(18(23)24-16)13-6-4-3-5-7-13/h8-11,13H,3-7H2,1-2H3/b16-11+. The van der Waals surface area contributed by atoms with Gasteiger partial charge >= 0.3 is 0 Å². The summed E-state index contributed by atoms with van der Waals surface area (Å²) in [6, 6.07) is 5.88. The predicted octanol–water partition coefficient (Wildman–Crippen LogP) is 4.24. The molecule has 0 N–H and O–H groups in total. The lowest BCUT2D eigenvalue weighted by Crippen LogP contribution is -2.39. The van der Waals surface area contributed by atoms with Crippen molar-refractivity contribution in [3.63, 3.8) is 0 Å². The summed E-state index contributed by atoms with van der Waals surface area (Å²) in [5, 5.41) is 0. The van der Waals surface area contributed by atoms with Crippen molar-refractivity contribution < 1.29 is 14.3 Å². The van der Waals surface area contributed by atoms with Gasteiger partial charge in [0.15, 0.2) is 11.5 Å².